The summed E-state index contributed by atoms with van der Waals surface area (Å²) in [4.78, 5) is 8.22. The van der Waals surface area contributed by atoms with Gasteiger partial charge in [0.2, 0.25) is 5.88 Å². The van der Waals surface area contributed by atoms with Crippen molar-refractivity contribution >= 4 is 11.6 Å². The number of alkyl halides is 1. The number of benzene rings is 1. The molecule has 0 amide bonds. The minimum absolute atomic E-state index is 0.334. The molecule has 2 aromatic rings. The maximum Gasteiger partial charge on any atom is 0.238 e. The highest BCUT2D eigenvalue weighted by Crippen LogP contribution is 2.31. The van der Waals surface area contributed by atoms with Crippen molar-refractivity contribution in [3.05, 3.63) is 41.9 Å². The molecule has 0 unspecified atom stereocenters. The van der Waals surface area contributed by atoms with E-state index in [-0.39, 0.29) is 0 Å². The second-order valence-electron chi connectivity index (χ2n) is 3.74. The lowest BCUT2D eigenvalue weighted by Crippen LogP contribution is -1.94. The summed E-state index contributed by atoms with van der Waals surface area (Å²) < 4.78 is 10.9. The van der Waals surface area contributed by atoms with Gasteiger partial charge in [0.15, 0.2) is 11.5 Å². The maximum absolute atomic E-state index is 5.64. The van der Waals surface area contributed by atoms with Crippen LogP contribution in [0.25, 0.3) is 0 Å². The van der Waals surface area contributed by atoms with Crippen LogP contribution in [0.5, 0.6) is 17.4 Å². The predicted octanol–water partition coefficient (Wildman–Crippen LogP) is 3.32. The normalized spacial score (nSPS) is 10.2. The number of aryl methyl sites for hydroxylation is 1. The summed E-state index contributed by atoms with van der Waals surface area (Å²) in [6.45, 7) is 1.99. The van der Waals surface area contributed by atoms with Crippen molar-refractivity contribution in [3.8, 4) is 17.4 Å². The maximum atomic E-state index is 5.64. The van der Waals surface area contributed by atoms with E-state index in [0.29, 0.717) is 29.0 Å². The summed E-state index contributed by atoms with van der Waals surface area (Å²) in [6, 6.07) is 5.68. The number of methoxy groups -OCH3 is 1. The number of hydrogen-bond donors (Lipinski definition) is 0. The van der Waals surface area contributed by atoms with Crippen LogP contribution in [0.4, 0.5) is 0 Å². The molecule has 0 spiro atoms. The lowest BCUT2D eigenvalue weighted by molar-refractivity contribution is 0.373. The van der Waals surface area contributed by atoms with Crippen LogP contribution in [-0.4, -0.2) is 17.1 Å². The van der Waals surface area contributed by atoms with Gasteiger partial charge < -0.3 is 9.47 Å². The molecule has 0 aliphatic rings. The minimum Gasteiger partial charge on any atom is -0.493 e. The number of nitrogens with zero attached hydrogens (tertiary/aromatic N) is 2. The Balaban J connectivity index is 2.22. The van der Waals surface area contributed by atoms with Crippen LogP contribution >= 0.6 is 11.6 Å². The highest BCUT2D eigenvalue weighted by molar-refractivity contribution is 6.16. The first-order valence-electron chi connectivity index (χ1n) is 5.42. The van der Waals surface area contributed by atoms with Crippen molar-refractivity contribution in [2.45, 2.75) is 12.8 Å². The van der Waals surface area contributed by atoms with Gasteiger partial charge in [-0.25, -0.2) is 4.98 Å². The Labute approximate surface area is 111 Å². The fourth-order valence-corrected chi connectivity index (χ4v) is 1.57. The first kappa shape index (κ1) is 12.6. The molecule has 0 saturated heterocycles. The van der Waals surface area contributed by atoms with Gasteiger partial charge in [0.1, 0.15) is 0 Å². The molecule has 94 valence electrons. The van der Waals surface area contributed by atoms with Gasteiger partial charge in [-0.1, -0.05) is 6.07 Å². The van der Waals surface area contributed by atoms with E-state index < -0.39 is 0 Å². The molecule has 0 N–H and O–H groups in total. The molecule has 2 rings (SSSR count). The fourth-order valence-electron chi connectivity index (χ4n) is 1.44. The van der Waals surface area contributed by atoms with Crippen LogP contribution in [0.15, 0.2) is 30.6 Å². The minimum atomic E-state index is 0.334. The van der Waals surface area contributed by atoms with Gasteiger partial charge in [-0.3, -0.25) is 4.98 Å². The highest BCUT2D eigenvalue weighted by Gasteiger charge is 2.06. The summed E-state index contributed by atoms with van der Waals surface area (Å²) in [5.74, 6) is 2.02. The third kappa shape index (κ3) is 2.90. The van der Waals surface area contributed by atoms with Crippen LogP contribution in [0.2, 0.25) is 0 Å². The number of hydrogen-bond acceptors (Lipinski definition) is 4. The van der Waals surface area contributed by atoms with Crippen molar-refractivity contribution < 1.29 is 9.47 Å². The molecule has 0 aliphatic heterocycles. The van der Waals surface area contributed by atoms with E-state index in [0.717, 1.165) is 5.56 Å². The van der Waals surface area contributed by atoms with E-state index in [4.69, 9.17) is 21.1 Å². The van der Waals surface area contributed by atoms with Crippen LogP contribution in [-0.2, 0) is 5.88 Å². The quantitative estimate of drug-likeness (QED) is 0.795. The molecule has 1 aromatic carbocycles. The van der Waals surface area contributed by atoms with Crippen molar-refractivity contribution in [1.82, 2.24) is 9.97 Å². The third-order valence-electron chi connectivity index (χ3n) is 2.35. The zero-order valence-corrected chi connectivity index (χ0v) is 10.9. The van der Waals surface area contributed by atoms with Crippen LogP contribution < -0.4 is 9.47 Å². The fraction of sp³-hybridized carbons (Fsp3) is 0.231. The molecule has 1 heterocycles. The molecular formula is C13H13ClN2O2. The van der Waals surface area contributed by atoms with Gasteiger partial charge in [-0.15, -0.1) is 11.6 Å². The highest BCUT2D eigenvalue weighted by atomic mass is 35.5. The molecule has 18 heavy (non-hydrogen) atoms. The summed E-state index contributed by atoms with van der Waals surface area (Å²) in [6.07, 6.45) is 3.13. The Hall–Kier alpha value is -1.81. The predicted molar refractivity (Wildman–Crippen MR) is 69.4 cm³/mol. The Kier molecular flexibility index (Phi) is 3.99. The molecule has 0 bridgehead atoms. The number of aromatic nitrogens is 2. The summed E-state index contributed by atoms with van der Waals surface area (Å²) >= 11 is 5.64. The Morgan fingerprint density at radius 3 is 2.61 bits per heavy atom. The molecular weight excluding hydrogens is 252 g/mol. The topological polar surface area (TPSA) is 44.2 Å². The van der Waals surface area contributed by atoms with Crippen LogP contribution in [0.1, 0.15) is 11.3 Å². The van der Waals surface area contributed by atoms with E-state index in [1.165, 1.54) is 6.20 Å². The van der Waals surface area contributed by atoms with Gasteiger partial charge in [-0.2, -0.15) is 0 Å². The summed E-state index contributed by atoms with van der Waals surface area (Å²) in [7, 11) is 1.60. The van der Waals surface area contributed by atoms with Crippen molar-refractivity contribution in [2.75, 3.05) is 7.11 Å². The first-order valence-corrected chi connectivity index (χ1v) is 5.95. The molecule has 0 fully saturated rings. The molecule has 0 saturated carbocycles. The van der Waals surface area contributed by atoms with E-state index >= 15 is 0 Å². The monoisotopic (exact) mass is 264 g/mol. The Morgan fingerprint density at radius 2 is 2.00 bits per heavy atom. The molecule has 0 aliphatic carbocycles. The van der Waals surface area contributed by atoms with Crippen molar-refractivity contribution in [2.24, 2.45) is 0 Å². The average Bonchev–Trinajstić information content (AvgIpc) is 2.41. The van der Waals surface area contributed by atoms with Crippen LogP contribution in [0.3, 0.4) is 0 Å². The zero-order chi connectivity index (χ0) is 13.0. The van der Waals surface area contributed by atoms with Crippen molar-refractivity contribution in [1.29, 1.82) is 0 Å². The van der Waals surface area contributed by atoms with Gasteiger partial charge in [-0.05, 0) is 24.6 Å². The van der Waals surface area contributed by atoms with Gasteiger partial charge in [0.25, 0.3) is 0 Å². The lowest BCUT2D eigenvalue weighted by Gasteiger charge is -2.09. The van der Waals surface area contributed by atoms with E-state index in [2.05, 4.69) is 9.97 Å². The van der Waals surface area contributed by atoms with E-state index in [9.17, 15) is 0 Å². The second-order valence-corrected chi connectivity index (χ2v) is 4.00. The SMILES string of the molecule is COc1cc(C)ccc1Oc1cnc(CCl)cn1. The molecule has 0 radical (unpaired) electrons. The van der Waals surface area contributed by atoms with Gasteiger partial charge >= 0.3 is 0 Å². The number of halogens is 1. The van der Waals surface area contributed by atoms with Crippen molar-refractivity contribution in [3.63, 3.8) is 0 Å². The van der Waals surface area contributed by atoms with Gasteiger partial charge in [0.05, 0.1) is 31.1 Å². The first-order chi connectivity index (χ1) is 8.72. The molecule has 1 aromatic heterocycles. The smallest absolute Gasteiger partial charge is 0.238 e. The summed E-state index contributed by atoms with van der Waals surface area (Å²) in [5, 5.41) is 0. The van der Waals surface area contributed by atoms with E-state index in [1.54, 1.807) is 13.3 Å². The molecule has 5 heteroatoms. The number of rotatable bonds is 4. The summed E-state index contributed by atoms with van der Waals surface area (Å²) in [5.41, 5.74) is 1.81. The average molecular weight is 265 g/mol. The largest absolute Gasteiger partial charge is 0.493 e. The molecule has 0 atom stereocenters. The van der Waals surface area contributed by atoms with Gasteiger partial charge in [0, 0.05) is 0 Å². The Bertz CT molecular complexity index is 529. The van der Waals surface area contributed by atoms with E-state index in [1.807, 2.05) is 25.1 Å². The molecule has 4 nitrogen and oxygen atoms in total. The van der Waals surface area contributed by atoms with Crippen LogP contribution in [0, 0.1) is 6.92 Å². The third-order valence-corrected chi connectivity index (χ3v) is 2.63. The standard InChI is InChI=1S/C13H13ClN2O2/c1-9-3-4-11(12(5-9)17-2)18-13-8-15-10(6-14)7-16-13/h3-5,7-8H,6H2,1-2H3. The zero-order valence-electron chi connectivity index (χ0n) is 10.2. The lowest BCUT2D eigenvalue weighted by atomic mass is 10.2. The second kappa shape index (κ2) is 5.69. The number of ether oxygens (including phenoxy) is 2. The Morgan fingerprint density at radius 1 is 1.17 bits per heavy atom.